The molecule has 0 radical (unpaired) electrons. The standard InChI is InChI=1S/C23H28N2O3S/c1-15(2)23(27)25(17-6-7-17)14-21(26)24-12-10-20-19(11-13-29-20)22(24)16-4-8-18(28-3)9-5-16/h4-5,8-9,11,13,15,17,22H,6-7,10,12,14H2,1-3H3. The van der Waals surface area contributed by atoms with Gasteiger partial charge in [-0.25, -0.2) is 0 Å². The van der Waals surface area contributed by atoms with E-state index in [4.69, 9.17) is 4.74 Å². The Balaban J connectivity index is 1.62. The molecule has 1 aromatic heterocycles. The third-order valence-corrected chi connectivity index (χ3v) is 6.78. The largest absolute Gasteiger partial charge is 0.497 e. The number of amides is 2. The van der Waals surface area contributed by atoms with E-state index in [0.29, 0.717) is 6.54 Å². The van der Waals surface area contributed by atoms with Gasteiger partial charge in [0.25, 0.3) is 0 Å². The zero-order valence-corrected chi connectivity index (χ0v) is 18.1. The zero-order chi connectivity index (χ0) is 20.5. The van der Waals surface area contributed by atoms with Crippen molar-refractivity contribution in [3.63, 3.8) is 0 Å². The van der Waals surface area contributed by atoms with Crippen LogP contribution >= 0.6 is 11.3 Å². The molecule has 4 rings (SSSR count). The predicted molar refractivity (Wildman–Crippen MR) is 114 cm³/mol. The van der Waals surface area contributed by atoms with Crippen LogP contribution in [-0.4, -0.2) is 47.9 Å². The maximum atomic E-state index is 13.4. The summed E-state index contributed by atoms with van der Waals surface area (Å²) in [6.45, 7) is 4.66. The lowest BCUT2D eigenvalue weighted by Crippen LogP contribution is -2.48. The third-order valence-electron chi connectivity index (χ3n) is 5.79. The normalized spacial score (nSPS) is 18.5. The average molecular weight is 413 g/mol. The van der Waals surface area contributed by atoms with Crippen LogP contribution in [0.4, 0.5) is 0 Å². The van der Waals surface area contributed by atoms with Gasteiger partial charge >= 0.3 is 0 Å². The van der Waals surface area contributed by atoms with Gasteiger partial charge in [0, 0.05) is 23.4 Å². The first-order valence-corrected chi connectivity index (χ1v) is 11.2. The molecule has 5 nitrogen and oxygen atoms in total. The molecule has 0 saturated heterocycles. The lowest BCUT2D eigenvalue weighted by molar-refractivity contribution is -0.144. The van der Waals surface area contributed by atoms with Crippen LogP contribution in [0.2, 0.25) is 0 Å². The minimum absolute atomic E-state index is 0.0311. The highest BCUT2D eigenvalue weighted by atomic mass is 32.1. The van der Waals surface area contributed by atoms with Crippen molar-refractivity contribution in [3.05, 3.63) is 51.7 Å². The molecule has 1 aliphatic carbocycles. The summed E-state index contributed by atoms with van der Waals surface area (Å²) >= 11 is 1.76. The Morgan fingerprint density at radius 1 is 1.21 bits per heavy atom. The maximum Gasteiger partial charge on any atom is 0.243 e. The van der Waals surface area contributed by atoms with Crippen LogP contribution in [0, 0.1) is 5.92 Å². The molecule has 0 bridgehead atoms. The Bertz CT molecular complexity index is 886. The summed E-state index contributed by atoms with van der Waals surface area (Å²) in [5.74, 6) is 0.819. The van der Waals surface area contributed by atoms with Crippen molar-refractivity contribution >= 4 is 23.2 Å². The number of rotatable bonds is 6. The number of hydrogen-bond acceptors (Lipinski definition) is 4. The van der Waals surface area contributed by atoms with Gasteiger partial charge in [0.05, 0.1) is 13.2 Å². The van der Waals surface area contributed by atoms with E-state index in [0.717, 1.165) is 30.6 Å². The summed E-state index contributed by atoms with van der Waals surface area (Å²) < 4.78 is 5.30. The minimum atomic E-state index is -0.112. The number of hydrogen-bond donors (Lipinski definition) is 0. The van der Waals surface area contributed by atoms with Gasteiger partial charge in [0.2, 0.25) is 11.8 Å². The summed E-state index contributed by atoms with van der Waals surface area (Å²) in [5, 5.41) is 2.11. The van der Waals surface area contributed by atoms with Crippen molar-refractivity contribution in [1.29, 1.82) is 0 Å². The average Bonchev–Trinajstić information content (AvgIpc) is 3.46. The van der Waals surface area contributed by atoms with E-state index >= 15 is 0 Å². The third kappa shape index (κ3) is 4.04. The molecule has 29 heavy (non-hydrogen) atoms. The second kappa shape index (κ2) is 8.19. The number of carbonyl (C=O) groups is 2. The van der Waals surface area contributed by atoms with E-state index in [1.807, 2.05) is 43.0 Å². The van der Waals surface area contributed by atoms with E-state index in [2.05, 4.69) is 11.4 Å². The Hall–Kier alpha value is -2.34. The fourth-order valence-electron chi connectivity index (χ4n) is 4.07. The van der Waals surface area contributed by atoms with Gasteiger partial charge < -0.3 is 14.5 Å². The quantitative estimate of drug-likeness (QED) is 0.724. The van der Waals surface area contributed by atoms with Gasteiger partial charge in [-0.2, -0.15) is 0 Å². The SMILES string of the molecule is COc1ccc(C2c3ccsc3CCN2C(=O)CN(C(=O)C(C)C)C2CC2)cc1. The highest BCUT2D eigenvalue weighted by Crippen LogP contribution is 2.38. The molecule has 0 N–H and O–H groups in total. The second-order valence-corrected chi connectivity index (χ2v) is 9.16. The molecule has 2 aromatic rings. The first kappa shape index (κ1) is 20.0. The molecular weight excluding hydrogens is 384 g/mol. The van der Waals surface area contributed by atoms with Crippen molar-refractivity contribution in [3.8, 4) is 5.75 Å². The van der Waals surface area contributed by atoms with Crippen molar-refractivity contribution < 1.29 is 14.3 Å². The topological polar surface area (TPSA) is 49.9 Å². The van der Waals surface area contributed by atoms with Crippen molar-refractivity contribution in [2.45, 2.75) is 45.2 Å². The van der Waals surface area contributed by atoms with Crippen LogP contribution in [0.25, 0.3) is 0 Å². The van der Waals surface area contributed by atoms with Gasteiger partial charge in [0.15, 0.2) is 0 Å². The van der Waals surface area contributed by atoms with E-state index in [9.17, 15) is 9.59 Å². The minimum Gasteiger partial charge on any atom is -0.497 e. The fraction of sp³-hybridized carbons (Fsp3) is 0.478. The summed E-state index contributed by atoms with van der Waals surface area (Å²) in [6.07, 6.45) is 2.87. The van der Waals surface area contributed by atoms with E-state index in [1.165, 1.54) is 10.4 Å². The van der Waals surface area contributed by atoms with Crippen LogP contribution < -0.4 is 4.74 Å². The Morgan fingerprint density at radius 3 is 2.55 bits per heavy atom. The lowest BCUT2D eigenvalue weighted by atomic mass is 9.93. The van der Waals surface area contributed by atoms with Gasteiger partial charge in [-0.05, 0) is 54.0 Å². The molecule has 1 saturated carbocycles. The molecule has 2 aliphatic rings. The highest BCUT2D eigenvalue weighted by molar-refractivity contribution is 7.10. The van der Waals surface area contributed by atoms with Crippen LogP contribution in [-0.2, 0) is 16.0 Å². The molecule has 0 spiro atoms. The summed E-state index contributed by atoms with van der Waals surface area (Å²) in [4.78, 5) is 31.2. The Labute approximate surface area is 176 Å². The maximum absolute atomic E-state index is 13.4. The highest BCUT2D eigenvalue weighted by Gasteiger charge is 2.38. The summed E-state index contributed by atoms with van der Waals surface area (Å²) in [6, 6.07) is 10.2. The fourth-order valence-corrected chi connectivity index (χ4v) is 4.98. The molecular formula is C23H28N2O3S. The molecule has 1 aromatic carbocycles. The number of fused-ring (bicyclic) bond motifs is 1. The Morgan fingerprint density at radius 2 is 1.93 bits per heavy atom. The van der Waals surface area contributed by atoms with Gasteiger partial charge in [0.1, 0.15) is 12.3 Å². The van der Waals surface area contributed by atoms with Gasteiger partial charge in [-0.3, -0.25) is 9.59 Å². The molecule has 1 fully saturated rings. The number of thiophene rings is 1. The molecule has 6 heteroatoms. The summed E-state index contributed by atoms with van der Waals surface area (Å²) in [5.41, 5.74) is 2.28. The van der Waals surface area contributed by atoms with Crippen LogP contribution in [0.1, 0.15) is 48.7 Å². The number of benzene rings is 1. The number of nitrogens with zero attached hydrogens (tertiary/aromatic N) is 2. The number of methoxy groups -OCH3 is 1. The lowest BCUT2D eigenvalue weighted by Gasteiger charge is -2.38. The molecule has 1 unspecified atom stereocenters. The van der Waals surface area contributed by atoms with Crippen LogP contribution in [0.15, 0.2) is 35.7 Å². The van der Waals surface area contributed by atoms with Crippen LogP contribution in [0.5, 0.6) is 5.75 Å². The zero-order valence-electron chi connectivity index (χ0n) is 17.3. The van der Waals surface area contributed by atoms with Crippen molar-refractivity contribution in [2.24, 2.45) is 5.92 Å². The molecule has 154 valence electrons. The smallest absolute Gasteiger partial charge is 0.243 e. The second-order valence-electron chi connectivity index (χ2n) is 8.16. The van der Waals surface area contributed by atoms with Crippen molar-refractivity contribution in [2.75, 3.05) is 20.2 Å². The monoisotopic (exact) mass is 412 g/mol. The first-order chi connectivity index (χ1) is 14.0. The van der Waals surface area contributed by atoms with Gasteiger partial charge in [-0.1, -0.05) is 26.0 Å². The molecule has 2 heterocycles. The van der Waals surface area contributed by atoms with E-state index in [-0.39, 0.29) is 36.4 Å². The van der Waals surface area contributed by atoms with Gasteiger partial charge in [-0.15, -0.1) is 11.3 Å². The Kier molecular flexibility index (Phi) is 5.63. The van der Waals surface area contributed by atoms with Crippen molar-refractivity contribution in [1.82, 2.24) is 9.80 Å². The number of carbonyl (C=O) groups excluding carboxylic acids is 2. The summed E-state index contributed by atoms with van der Waals surface area (Å²) in [7, 11) is 1.65. The molecule has 2 amide bonds. The molecule has 1 atom stereocenters. The predicted octanol–water partition coefficient (Wildman–Crippen LogP) is 3.88. The molecule has 1 aliphatic heterocycles. The van der Waals surface area contributed by atoms with Crippen LogP contribution in [0.3, 0.4) is 0 Å². The van der Waals surface area contributed by atoms with E-state index in [1.54, 1.807) is 23.3 Å². The number of ether oxygens (including phenoxy) is 1. The first-order valence-electron chi connectivity index (χ1n) is 10.3. The van der Waals surface area contributed by atoms with E-state index < -0.39 is 0 Å².